The number of amides is 12. The summed E-state index contributed by atoms with van der Waals surface area (Å²) in [6, 6.07) is -20.7. The van der Waals surface area contributed by atoms with E-state index in [2.05, 4.69) is 52.5 Å². The van der Waals surface area contributed by atoms with Crippen molar-refractivity contribution in [2.45, 2.75) is 192 Å². The zero-order chi connectivity index (χ0) is 74.6. The summed E-state index contributed by atoms with van der Waals surface area (Å²) in [5.74, 6) is -26.7. The van der Waals surface area contributed by atoms with Crippen LogP contribution in [0.1, 0.15) is 119 Å². The number of aliphatic hydroxyl groups excluding tert-OH is 1. The molecule has 0 radical (unpaired) electrons. The highest BCUT2D eigenvalue weighted by Crippen LogP contribution is 2.22. The number of likely N-dealkylation sites (tertiary alicyclic amines) is 1. The van der Waals surface area contributed by atoms with Crippen LogP contribution in [0, 0.1) is 23.7 Å². The molecule has 1 aromatic heterocycles. The van der Waals surface area contributed by atoms with E-state index in [0.717, 1.165) is 4.90 Å². The average molecular weight is 1400 g/mol. The van der Waals surface area contributed by atoms with E-state index >= 15 is 0 Å². The van der Waals surface area contributed by atoms with Crippen LogP contribution in [0.4, 0.5) is 0 Å². The van der Waals surface area contributed by atoms with Gasteiger partial charge in [0.05, 0.1) is 57.6 Å². The van der Waals surface area contributed by atoms with Crippen molar-refractivity contribution in [2.24, 2.45) is 29.4 Å². The van der Waals surface area contributed by atoms with Gasteiger partial charge >= 0.3 is 35.8 Å². The predicted molar refractivity (Wildman–Crippen MR) is 332 cm³/mol. The lowest BCUT2D eigenvalue weighted by Gasteiger charge is -2.32. The van der Waals surface area contributed by atoms with E-state index in [0.29, 0.717) is 12.1 Å². The number of nitrogens with zero attached hydrogens (tertiary/aromatic N) is 2. The molecular weight excluding hydrogens is 1310 g/mol. The second-order valence-electron chi connectivity index (χ2n) is 24.3. The standard InChI is InChI=1S/C58H89N15O25/c1-9-27(8)46(72-47(86)29(59)14-28-20-60-23-62-28)56(95)69-36(22-74)52(91)65-33(18-42(82)83)51(90)71-45(26(6)7)55(94)67-34(13-24(2)3)57(96)73-12-10-11-37(73)53(92)66-31(16-40(78)79)49(88)64-32(17-41(80)81)50(89)70-44(25(4)5)54(93)61-21-38(75)63-30(15-39(76)77)48(87)68-35(58(97)98)19-43(84)85/h20,23-27,29-37,44-46,74H,9-19,21-22,59H2,1-8H3,(H,60,62)(H,61,93)(H,63,75)(H,64,88)(H,65,91)(H,66,92)(H,67,94)(H,68,87)(H,69,95)(H,70,89)(H,71,90)(H,72,86)(H,76,77)(H,78,79)(H,80,81)(H,82,83)(H,84,85)(H,97,98)/t27-,29-,30-,31-,32-,33-,34-,35-,36-,37-,44-,45-,46-/m0/s1. The first-order valence-corrected chi connectivity index (χ1v) is 31.0. The van der Waals surface area contributed by atoms with E-state index in [4.69, 9.17) is 10.8 Å². The fourth-order valence-electron chi connectivity index (χ4n) is 9.70. The number of hydrogen-bond donors (Lipinski definition) is 20. The first-order valence-electron chi connectivity index (χ1n) is 31.0. The Bertz CT molecular complexity index is 3070. The summed E-state index contributed by atoms with van der Waals surface area (Å²) in [6.07, 6.45) is -2.72. The van der Waals surface area contributed by atoms with Crippen LogP contribution in [0.5, 0.6) is 0 Å². The van der Waals surface area contributed by atoms with Gasteiger partial charge in [-0.05, 0) is 42.9 Å². The Kier molecular flexibility index (Phi) is 34.3. The van der Waals surface area contributed by atoms with Crippen molar-refractivity contribution in [1.29, 1.82) is 0 Å². The maximum Gasteiger partial charge on any atom is 0.326 e. The van der Waals surface area contributed by atoms with Crippen molar-refractivity contribution in [2.75, 3.05) is 19.7 Å². The summed E-state index contributed by atoms with van der Waals surface area (Å²) < 4.78 is 0. The van der Waals surface area contributed by atoms with E-state index in [1.807, 2.05) is 10.6 Å². The summed E-state index contributed by atoms with van der Waals surface area (Å²) >= 11 is 0. The van der Waals surface area contributed by atoms with Gasteiger partial charge in [0, 0.05) is 24.9 Å². The highest BCUT2D eigenvalue weighted by molar-refractivity contribution is 6.01. The number of carboxylic acid groups (broad SMARTS) is 6. The lowest BCUT2D eigenvalue weighted by Crippen LogP contribution is -2.62. The van der Waals surface area contributed by atoms with Crippen LogP contribution in [0.3, 0.4) is 0 Å². The van der Waals surface area contributed by atoms with Crippen LogP contribution in [0.15, 0.2) is 12.5 Å². The number of nitrogens with two attached hydrogens (primary N) is 1. The van der Waals surface area contributed by atoms with E-state index in [1.165, 1.54) is 40.2 Å². The van der Waals surface area contributed by atoms with Crippen molar-refractivity contribution in [1.82, 2.24) is 73.4 Å². The van der Waals surface area contributed by atoms with Crippen molar-refractivity contribution >= 4 is 107 Å². The zero-order valence-corrected chi connectivity index (χ0v) is 55.0. The molecule has 0 bridgehead atoms. The third-order valence-corrected chi connectivity index (χ3v) is 15.1. The first-order chi connectivity index (χ1) is 45.7. The van der Waals surface area contributed by atoms with Gasteiger partial charge in [-0.25, -0.2) is 9.78 Å². The number of carbonyl (C=O) groups excluding carboxylic acids is 12. The predicted octanol–water partition coefficient (Wildman–Crippen LogP) is -6.91. The molecule has 98 heavy (non-hydrogen) atoms. The molecule has 12 amide bonds. The first kappa shape index (κ1) is 83.7. The average Bonchev–Trinajstić information content (AvgIpc) is 1.57. The molecule has 546 valence electrons. The minimum absolute atomic E-state index is 0.0184. The molecule has 1 fully saturated rings. The summed E-state index contributed by atoms with van der Waals surface area (Å²) in [4.78, 5) is 242. The van der Waals surface area contributed by atoms with Gasteiger partial charge in [0.15, 0.2) is 0 Å². The van der Waals surface area contributed by atoms with Gasteiger partial charge in [-0.15, -0.1) is 0 Å². The monoisotopic (exact) mass is 1400 g/mol. The highest BCUT2D eigenvalue weighted by Gasteiger charge is 2.42. The van der Waals surface area contributed by atoms with Gasteiger partial charge in [0.2, 0.25) is 70.9 Å². The quantitative estimate of drug-likeness (QED) is 0.0289. The molecule has 13 atom stereocenters. The molecule has 1 aliphatic rings. The Morgan fingerprint density at radius 3 is 1.37 bits per heavy atom. The number of nitrogens with one attached hydrogen (secondary N) is 12. The van der Waals surface area contributed by atoms with Crippen LogP contribution in [0.2, 0.25) is 0 Å². The van der Waals surface area contributed by atoms with Crippen LogP contribution in [-0.2, 0) is 92.7 Å². The minimum Gasteiger partial charge on any atom is -0.481 e. The van der Waals surface area contributed by atoms with Crippen LogP contribution in [0.25, 0.3) is 0 Å². The number of hydrogen-bond acceptors (Lipinski definition) is 21. The Balaban J connectivity index is 2.31. The molecule has 0 aliphatic carbocycles. The summed E-state index contributed by atoms with van der Waals surface area (Å²) in [5.41, 5.74) is 6.58. The molecule has 0 spiro atoms. The van der Waals surface area contributed by atoms with E-state index in [1.54, 1.807) is 33.0 Å². The fraction of sp³-hybridized carbons (Fsp3) is 0.638. The summed E-state index contributed by atoms with van der Waals surface area (Å²) in [6.45, 7) is 10.1. The van der Waals surface area contributed by atoms with Crippen LogP contribution in [-0.4, -0.2) is 250 Å². The number of aliphatic hydroxyl groups is 1. The summed E-state index contributed by atoms with van der Waals surface area (Å²) in [5, 5.41) is 91.4. The number of H-pyrrole nitrogens is 1. The number of carbonyl (C=O) groups is 18. The number of rotatable bonds is 43. The molecular formula is C58H89N15O25. The Hall–Kier alpha value is -10.4. The molecule has 2 heterocycles. The summed E-state index contributed by atoms with van der Waals surface area (Å²) in [7, 11) is 0. The molecule has 0 aromatic carbocycles. The van der Waals surface area contributed by atoms with Crippen molar-refractivity contribution in [3.8, 4) is 0 Å². The number of aliphatic carboxylic acids is 6. The van der Waals surface area contributed by atoms with Gasteiger partial charge in [-0.1, -0.05) is 61.8 Å². The number of imidazole rings is 1. The molecule has 40 heteroatoms. The van der Waals surface area contributed by atoms with E-state index in [9.17, 15) is 117 Å². The molecule has 0 unspecified atom stereocenters. The molecule has 1 aromatic rings. The Morgan fingerprint density at radius 2 is 0.929 bits per heavy atom. The van der Waals surface area contributed by atoms with E-state index in [-0.39, 0.29) is 38.1 Å². The van der Waals surface area contributed by atoms with E-state index < -0.39 is 242 Å². The zero-order valence-electron chi connectivity index (χ0n) is 55.0. The maximum absolute atomic E-state index is 14.5. The van der Waals surface area contributed by atoms with Gasteiger partial charge in [0.1, 0.15) is 66.5 Å². The highest BCUT2D eigenvalue weighted by atomic mass is 16.4. The number of aromatic nitrogens is 2. The normalized spacial score (nSPS) is 16.4. The maximum atomic E-state index is 14.5. The molecule has 1 saturated heterocycles. The van der Waals surface area contributed by atoms with Gasteiger partial charge in [-0.3, -0.25) is 81.5 Å². The van der Waals surface area contributed by atoms with Gasteiger partial charge in [0.25, 0.3) is 0 Å². The molecule has 40 nitrogen and oxygen atoms in total. The smallest absolute Gasteiger partial charge is 0.326 e. The molecule has 1 aliphatic heterocycles. The third-order valence-electron chi connectivity index (χ3n) is 15.1. The second-order valence-corrected chi connectivity index (χ2v) is 24.3. The number of aromatic amines is 1. The number of carboxylic acids is 6. The lowest BCUT2D eigenvalue weighted by molar-refractivity contribution is -0.148. The topological polar surface area (TPSA) is 639 Å². The van der Waals surface area contributed by atoms with Crippen LogP contribution >= 0.6 is 0 Å². The van der Waals surface area contributed by atoms with Gasteiger partial charge in [-0.2, -0.15) is 0 Å². The molecule has 2 rings (SSSR count). The van der Waals surface area contributed by atoms with Crippen molar-refractivity contribution in [3.05, 3.63) is 18.2 Å². The van der Waals surface area contributed by atoms with Gasteiger partial charge < -0.3 is 110 Å². The minimum atomic E-state index is -2.12. The Labute approximate surface area is 560 Å². The van der Waals surface area contributed by atoms with Crippen molar-refractivity contribution < 1.29 is 122 Å². The lowest BCUT2D eigenvalue weighted by atomic mass is 9.97. The molecule has 0 saturated carbocycles. The van der Waals surface area contributed by atoms with Crippen molar-refractivity contribution in [3.63, 3.8) is 0 Å². The largest absolute Gasteiger partial charge is 0.481 e. The van der Waals surface area contributed by atoms with Crippen LogP contribution < -0.4 is 64.2 Å². The third kappa shape index (κ3) is 28.1. The Morgan fingerprint density at radius 1 is 0.520 bits per heavy atom. The molecule has 21 N–H and O–H groups in total. The SMILES string of the molecule is CC[C@H](C)[C@H](NC(=O)[C@@H](N)Cc1cnc[nH]1)C(=O)N[C@@H](CO)C(=O)N[C@@H](CC(=O)O)C(=O)N[C@H](C(=O)N[C@@H](CC(C)C)C(=O)N1CCC[C@H]1C(=O)N[C@@H](CC(=O)O)C(=O)N[C@@H](CC(=O)O)C(=O)N[C@H](C(=O)NCC(=O)N[C@@H](CC(=O)O)C(=O)N[C@@H](CC(=O)O)C(=O)O)C(C)C)C(C)C. The fourth-order valence-corrected chi connectivity index (χ4v) is 9.70. The second kappa shape index (κ2) is 40.2.